The number of carboxylic acids is 1. The zero-order valence-electron chi connectivity index (χ0n) is 20.8. The van der Waals surface area contributed by atoms with Crippen molar-refractivity contribution in [1.29, 1.82) is 0 Å². The van der Waals surface area contributed by atoms with Crippen molar-refractivity contribution in [3.05, 3.63) is 46.6 Å². The molecule has 0 aromatic rings. The Labute approximate surface area is 191 Å². The molecule has 0 aromatic carbocycles. The Balaban J connectivity index is 2.21. The molecule has 3 nitrogen and oxygen atoms in total. The minimum absolute atomic E-state index is 0.245. The van der Waals surface area contributed by atoms with Gasteiger partial charge in [0, 0.05) is 5.92 Å². The molecule has 0 fully saturated rings. The van der Waals surface area contributed by atoms with Crippen LogP contribution in [0.3, 0.4) is 0 Å². The Morgan fingerprint density at radius 2 is 1.65 bits per heavy atom. The first-order valence-corrected chi connectivity index (χ1v) is 12.2. The van der Waals surface area contributed by atoms with E-state index in [0.29, 0.717) is 5.92 Å². The maximum Gasteiger partial charge on any atom is 0.306 e. The number of hydrogen-bond donors (Lipinski definition) is 2. The molecule has 4 atom stereocenters. The fourth-order valence-corrected chi connectivity index (χ4v) is 3.99. The third-order valence-corrected chi connectivity index (χ3v) is 6.76. The van der Waals surface area contributed by atoms with Gasteiger partial charge in [-0.15, -0.1) is 0 Å². The fourth-order valence-electron chi connectivity index (χ4n) is 3.99. The fraction of sp³-hybridized carbons (Fsp3) is 0.679. The summed E-state index contributed by atoms with van der Waals surface area (Å²) in [6, 6.07) is 0. The molecular weight excluding hydrogens is 384 g/mol. The van der Waals surface area contributed by atoms with Crippen LogP contribution >= 0.6 is 0 Å². The third kappa shape index (κ3) is 11.5. The van der Waals surface area contributed by atoms with Crippen LogP contribution in [0.15, 0.2) is 46.6 Å². The maximum absolute atomic E-state index is 10.9. The molecule has 1 aliphatic carbocycles. The van der Waals surface area contributed by atoms with Crippen molar-refractivity contribution in [1.82, 2.24) is 0 Å². The number of aliphatic hydroxyl groups excluding tert-OH is 1. The normalized spacial score (nSPS) is 22.0. The largest absolute Gasteiger partial charge is 0.481 e. The summed E-state index contributed by atoms with van der Waals surface area (Å²) in [6.07, 6.45) is 18.1. The number of rotatable bonds is 14. The Morgan fingerprint density at radius 1 is 1.06 bits per heavy atom. The van der Waals surface area contributed by atoms with Crippen molar-refractivity contribution in [2.24, 2.45) is 17.8 Å². The highest BCUT2D eigenvalue weighted by Gasteiger charge is 2.18. The van der Waals surface area contributed by atoms with Crippen LogP contribution in [0.4, 0.5) is 0 Å². The van der Waals surface area contributed by atoms with Crippen molar-refractivity contribution >= 4 is 5.97 Å². The van der Waals surface area contributed by atoms with E-state index in [-0.39, 0.29) is 17.9 Å². The third-order valence-electron chi connectivity index (χ3n) is 6.76. The van der Waals surface area contributed by atoms with Gasteiger partial charge in [-0.25, -0.2) is 0 Å². The molecule has 3 heteroatoms. The van der Waals surface area contributed by atoms with Gasteiger partial charge in [0.1, 0.15) is 0 Å². The second-order valence-electron chi connectivity index (χ2n) is 9.90. The molecular formula is C28H46O3. The second-order valence-corrected chi connectivity index (χ2v) is 9.90. The SMILES string of the molecule is CC1=CC(CCC(C)CC/C=C(\C)CCC/C(C)=C/CCC(C)C(=O)O)=CC(O)C1C. The van der Waals surface area contributed by atoms with Gasteiger partial charge >= 0.3 is 5.97 Å². The summed E-state index contributed by atoms with van der Waals surface area (Å²) >= 11 is 0. The van der Waals surface area contributed by atoms with Crippen molar-refractivity contribution < 1.29 is 15.0 Å². The predicted octanol–water partition coefficient (Wildman–Crippen LogP) is 7.63. The molecule has 0 saturated heterocycles. The maximum atomic E-state index is 10.9. The van der Waals surface area contributed by atoms with Gasteiger partial charge in [-0.2, -0.15) is 0 Å². The Kier molecular flexibility index (Phi) is 12.8. The van der Waals surface area contributed by atoms with E-state index in [1.165, 1.54) is 35.1 Å². The van der Waals surface area contributed by atoms with E-state index in [1.54, 1.807) is 6.92 Å². The molecule has 0 spiro atoms. The van der Waals surface area contributed by atoms with Crippen LogP contribution in [0.1, 0.15) is 99.3 Å². The minimum Gasteiger partial charge on any atom is -0.481 e. The van der Waals surface area contributed by atoms with Crippen LogP contribution in [-0.4, -0.2) is 22.3 Å². The van der Waals surface area contributed by atoms with E-state index in [0.717, 1.165) is 44.9 Å². The minimum atomic E-state index is -0.701. The first-order valence-electron chi connectivity index (χ1n) is 12.2. The van der Waals surface area contributed by atoms with Crippen molar-refractivity contribution in [3.63, 3.8) is 0 Å². The standard InChI is InChI=1S/C28H46O3/c1-20(10-7-11-21(2)14-9-15-23(4)28(30)31)12-8-13-22(3)16-17-26-18-24(5)25(6)27(29)19-26/h12,14,18-19,22-23,25,27,29H,7-11,13,15-17H2,1-6H3,(H,30,31)/b20-12+,21-14+. The molecule has 0 heterocycles. The van der Waals surface area contributed by atoms with Crippen LogP contribution < -0.4 is 0 Å². The van der Waals surface area contributed by atoms with Crippen LogP contribution in [-0.2, 0) is 4.79 Å². The molecule has 31 heavy (non-hydrogen) atoms. The Morgan fingerprint density at radius 3 is 2.19 bits per heavy atom. The van der Waals surface area contributed by atoms with Crippen LogP contribution in [0.25, 0.3) is 0 Å². The molecule has 0 radical (unpaired) electrons. The number of hydrogen-bond acceptors (Lipinski definition) is 2. The lowest BCUT2D eigenvalue weighted by Gasteiger charge is -2.23. The van der Waals surface area contributed by atoms with Crippen LogP contribution in [0.2, 0.25) is 0 Å². The molecule has 1 rings (SSSR count). The molecule has 0 aliphatic heterocycles. The van der Waals surface area contributed by atoms with Crippen molar-refractivity contribution in [3.8, 4) is 0 Å². The lowest BCUT2D eigenvalue weighted by Crippen LogP contribution is -2.19. The van der Waals surface area contributed by atoms with Gasteiger partial charge in [0.05, 0.1) is 12.0 Å². The number of carboxylic acid groups (broad SMARTS) is 1. The first kappa shape index (κ1) is 27.4. The average Bonchev–Trinajstić information content (AvgIpc) is 2.70. The molecule has 2 N–H and O–H groups in total. The summed E-state index contributed by atoms with van der Waals surface area (Å²) in [5.41, 5.74) is 5.43. The molecule has 0 saturated carbocycles. The van der Waals surface area contributed by atoms with E-state index in [2.05, 4.69) is 52.8 Å². The van der Waals surface area contributed by atoms with Gasteiger partial charge in [-0.3, -0.25) is 4.79 Å². The van der Waals surface area contributed by atoms with Gasteiger partial charge < -0.3 is 10.2 Å². The lowest BCUT2D eigenvalue weighted by atomic mass is 9.86. The summed E-state index contributed by atoms with van der Waals surface area (Å²) in [7, 11) is 0. The van der Waals surface area contributed by atoms with E-state index in [1.807, 2.05) is 6.08 Å². The van der Waals surface area contributed by atoms with Crippen molar-refractivity contribution in [2.75, 3.05) is 0 Å². The van der Waals surface area contributed by atoms with E-state index in [4.69, 9.17) is 5.11 Å². The highest BCUT2D eigenvalue weighted by molar-refractivity contribution is 5.69. The highest BCUT2D eigenvalue weighted by atomic mass is 16.4. The summed E-state index contributed by atoms with van der Waals surface area (Å²) in [5, 5.41) is 19.1. The highest BCUT2D eigenvalue weighted by Crippen LogP contribution is 2.27. The molecule has 4 unspecified atom stereocenters. The smallest absolute Gasteiger partial charge is 0.306 e. The van der Waals surface area contributed by atoms with Gasteiger partial charge in [0.25, 0.3) is 0 Å². The lowest BCUT2D eigenvalue weighted by molar-refractivity contribution is -0.141. The summed E-state index contributed by atoms with van der Waals surface area (Å²) in [4.78, 5) is 10.9. The molecule has 0 amide bonds. The second kappa shape index (κ2) is 14.5. The number of carbonyl (C=O) groups is 1. The zero-order chi connectivity index (χ0) is 23.4. The van der Waals surface area contributed by atoms with E-state index >= 15 is 0 Å². The molecule has 0 aromatic heterocycles. The van der Waals surface area contributed by atoms with Gasteiger partial charge in [-0.05, 0) is 90.0 Å². The Bertz CT molecular complexity index is 680. The topological polar surface area (TPSA) is 57.5 Å². The number of aliphatic hydroxyl groups is 1. The zero-order valence-corrected chi connectivity index (χ0v) is 20.8. The van der Waals surface area contributed by atoms with Gasteiger partial charge in [-0.1, -0.05) is 61.8 Å². The van der Waals surface area contributed by atoms with E-state index in [9.17, 15) is 9.90 Å². The first-order chi connectivity index (χ1) is 14.6. The van der Waals surface area contributed by atoms with E-state index < -0.39 is 5.97 Å². The summed E-state index contributed by atoms with van der Waals surface area (Å²) in [6.45, 7) is 12.7. The van der Waals surface area contributed by atoms with Gasteiger partial charge in [0.15, 0.2) is 0 Å². The molecule has 0 bridgehead atoms. The molecule has 176 valence electrons. The van der Waals surface area contributed by atoms with Crippen LogP contribution in [0.5, 0.6) is 0 Å². The molecule has 1 aliphatic rings. The monoisotopic (exact) mass is 430 g/mol. The summed E-state index contributed by atoms with van der Waals surface area (Å²) in [5.74, 6) is -0.0258. The summed E-state index contributed by atoms with van der Waals surface area (Å²) < 4.78 is 0. The predicted molar refractivity (Wildman–Crippen MR) is 132 cm³/mol. The van der Waals surface area contributed by atoms with Gasteiger partial charge in [0.2, 0.25) is 0 Å². The average molecular weight is 431 g/mol. The number of aliphatic carboxylic acids is 1. The Hall–Kier alpha value is -1.61. The quantitative estimate of drug-likeness (QED) is 0.278. The van der Waals surface area contributed by atoms with Crippen molar-refractivity contribution in [2.45, 2.75) is 105 Å². The van der Waals surface area contributed by atoms with Crippen LogP contribution in [0, 0.1) is 17.8 Å². The number of allylic oxidation sites excluding steroid dienone is 6.